The summed E-state index contributed by atoms with van der Waals surface area (Å²) < 4.78 is 12.6. The maximum absolute atomic E-state index is 6.07. The fourth-order valence-electron chi connectivity index (χ4n) is 3.07. The van der Waals surface area contributed by atoms with Crippen LogP contribution >= 0.6 is 27.5 Å². The SMILES string of the molecule is Clc1ccc(Br)c(NC2CCOC3(CCOCC3)C2)c1. The molecule has 0 aromatic heterocycles. The van der Waals surface area contributed by atoms with Crippen molar-refractivity contribution in [1.82, 2.24) is 0 Å². The first-order valence-electron chi connectivity index (χ1n) is 7.10. The molecule has 2 aliphatic heterocycles. The normalized spacial score (nSPS) is 25.6. The Morgan fingerprint density at radius 3 is 2.85 bits per heavy atom. The number of rotatable bonds is 2. The molecule has 0 bridgehead atoms. The molecule has 2 saturated heterocycles. The molecule has 1 aromatic rings. The molecular formula is C15H19BrClNO2. The summed E-state index contributed by atoms with van der Waals surface area (Å²) in [5, 5.41) is 4.36. The zero-order chi connectivity index (χ0) is 14.0. The summed E-state index contributed by atoms with van der Waals surface area (Å²) in [7, 11) is 0. The highest BCUT2D eigenvalue weighted by molar-refractivity contribution is 9.10. The lowest BCUT2D eigenvalue weighted by molar-refractivity contribution is -0.135. The van der Waals surface area contributed by atoms with E-state index in [-0.39, 0.29) is 5.60 Å². The molecule has 5 heteroatoms. The lowest BCUT2D eigenvalue weighted by Crippen LogP contribution is -2.47. The van der Waals surface area contributed by atoms with Crippen LogP contribution in [0.2, 0.25) is 5.02 Å². The Morgan fingerprint density at radius 2 is 2.05 bits per heavy atom. The number of anilines is 1. The van der Waals surface area contributed by atoms with Gasteiger partial charge in [0.05, 0.1) is 11.3 Å². The topological polar surface area (TPSA) is 30.5 Å². The van der Waals surface area contributed by atoms with Gasteiger partial charge < -0.3 is 14.8 Å². The Labute approximate surface area is 133 Å². The molecule has 2 fully saturated rings. The third-order valence-corrected chi connectivity index (χ3v) is 5.11. The van der Waals surface area contributed by atoms with Crippen molar-refractivity contribution in [2.24, 2.45) is 0 Å². The summed E-state index contributed by atoms with van der Waals surface area (Å²) in [6.07, 6.45) is 4.07. The summed E-state index contributed by atoms with van der Waals surface area (Å²) in [5.74, 6) is 0. The minimum Gasteiger partial charge on any atom is -0.381 e. The number of ether oxygens (including phenoxy) is 2. The second kappa shape index (κ2) is 6.22. The molecule has 2 aliphatic rings. The predicted octanol–water partition coefficient (Wildman–Crippen LogP) is 4.24. The molecule has 0 aliphatic carbocycles. The van der Waals surface area contributed by atoms with E-state index in [1.54, 1.807) is 0 Å². The molecule has 0 radical (unpaired) electrons. The van der Waals surface area contributed by atoms with Gasteiger partial charge in [-0.25, -0.2) is 0 Å². The third-order valence-electron chi connectivity index (χ3n) is 4.19. The molecule has 110 valence electrons. The Balaban J connectivity index is 1.69. The Bertz CT molecular complexity index is 471. The maximum atomic E-state index is 6.07. The van der Waals surface area contributed by atoms with Gasteiger partial charge in [0.25, 0.3) is 0 Å². The quantitative estimate of drug-likeness (QED) is 0.855. The smallest absolute Gasteiger partial charge is 0.0745 e. The van der Waals surface area contributed by atoms with Crippen LogP contribution in [0.15, 0.2) is 22.7 Å². The molecular weight excluding hydrogens is 342 g/mol. The zero-order valence-corrected chi connectivity index (χ0v) is 13.7. The highest BCUT2D eigenvalue weighted by Crippen LogP contribution is 2.36. The van der Waals surface area contributed by atoms with Gasteiger partial charge in [0.2, 0.25) is 0 Å². The maximum Gasteiger partial charge on any atom is 0.0745 e. The number of hydrogen-bond acceptors (Lipinski definition) is 3. The number of halogens is 2. The van der Waals surface area contributed by atoms with Crippen LogP contribution in [0.5, 0.6) is 0 Å². The number of benzene rings is 1. The largest absolute Gasteiger partial charge is 0.381 e. The van der Waals surface area contributed by atoms with Gasteiger partial charge in [0, 0.05) is 35.4 Å². The predicted molar refractivity (Wildman–Crippen MR) is 84.5 cm³/mol. The highest BCUT2D eigenvalue weighted by atomic mass is 79.9. The van der Waals surface area contributed by atoms with E-state index in [2.05, 4.69) is 21.2 Å². The van der Waals surface area contributed by atoms with Crippen molar-refractivity contribution >= 4 is 33.2 Å². The summed E-state index contributed by atoms with van der Waals surface area (Å²) in [6.45, 7) is 2.44. The Kier molecular flexibility index (Phi) is 4.55. The molecule has 1 N–H and O–H groups in total. The molecule has 1 unspecified atom stereocenters. The van der Waals surface area contributed by atoms with Gasteiger partial charge in [-0.15, -0.1) is 0 Å². The second-order valence-corrected chi connectivity index (χ2v) is 6.89. The van der Waals surface area contributed by atoms with Gasteiger partial charge in [-0.3, -0.25) is 0 Å². The van der Waals surface area contributed by atoms with Gasteiger partial charge in [0.15, 0.2) is 0 Å². The van der Waals surface area contributed by atoms with E-state index < -0.39 is 0 Å². The summed E-state index contributed by atoms with van der Waals surface area (Å²) in [4.78, 5) is 0. The average Bonchev–Trinajstić information content (AvgIpc) is 2.44. The Hall–Kier alpha value is -0.290. The van der Waals surface area contributed by atoms with E-state index in [1.807, 2.05) is 18.2 Å². The van der Waals surface area contributed by atoms with Crippen molar-refractivity contribution in [2.75, 3.05) is 25.1 Å². The van der Waals surface area contributed by atoms with Crippen LogP contribution in [0.4, 0.5) is 5.69 Å². The van der Waals surface area contributed by atoms with E-state index in [0.717, 1.165) is 60.7 Å². The first kappa shape index (κ1) is 14.6. The van der Waals surface area contributed by atoms with Crippen molar-refractivity contribution in [3.8, 4) is 0 Å². The van der Waals surface area contributed by atoms with E-state index in [0.29, 0.717) is 6.04 Å². The number of hydrogen-bond donors (Lipinski definition) is 1. The number of nitrogens with one attached hydrogen (secondary N) is 1. The molecule has 20 heavy (non-hydrogen) atoms. The second-order valence-electron chi connectivity index (χ2n) is 5.60. The lowest BCUT2D eigenvalue weighted by Gasteiger charge is -2.43. The van der Waals surface area contributed by atoms with Gasteiger partial charge in [0.1, 0.15) is 0 Å². The van der Waals surface area contributed by atoms with Crippen LogP contribution < -0.4 is 5.32 Å². The molecule has 2 heterocycles. The van der Waals surface area contributed by atoms with Crippen molar-refractivity contribution in [3.63, 3.8) is 0 Å². The van der Waals surface area contributed by atoms with Crippen molar-refractivity contribution in [2.45, 2.75) is 37.3 Å². The third kappa shape index (κ3) is 3.30. The van der Waals surface area contributed by atoms with Crippen molar-refractivity contribution < 1.29 is 9.47 Å². The first-order valence-corrected chi connectivity index (χ1v) is 8.27. The van der Waals surface area contributed by atoms with E-state index in [9.17, 15) is 0 Å². The van der Waals surface area contributed by atoms with Crippen LogP contribution in [0.1, 0.15) is 25.7 Å². The van der Waals surface area contributed by atoms with Gasteiger partial charge in [-0.2, -0.15) is 0 Å². The van der Waals surface area contributed by atoms with E-state index in [4.69, 9.17) is 21.1 Å². The fourth-order valence-corrected chi connectivity index (χ4v) is 3.60. The minimum absolute atomic E-state index is 0.0131. The summed E-state index contributed by atoms with van der Waals surface area (Å²) >= 11 is 9.65. The molecule has 3 rings (SSSR count). The molecule has 0 saturated carbocycles. The van der Waals surface area contributed by atoms with Crippen LogP contribution in [0.25, 0.3) is 0 Å². The van der Waals surface area contributed by atoms with Crippen LogP contribution in [0.3, 0.4) is 0 Å². The minimum atomic E-state index is 0.0131. The highest BCUT2D eigenvalue weighted by Gasteiger charge is 2.39. The van der Waals surface area contributed by atoms with Gasteiger partial charge in [-0.05, 0) is 59.8 Å². The summed E-state index contributed by atoms with van der Waals surface area (Å²) in [6, 6.07) is 6.27. The first-order chi connectivity index (χ1) is 9.67. The fraction of sp³-hybridized carbons (Fsp3) is 0.600. The molecule has 1 spiro atoms. The monoisotopic (exact) mass is 359 g/mol. The Morgan fingerprint density at radius 1 is 1.25 bits per heavy atom. The van der Waals surface area contributed by atoms with Gasteiger partial charge >= 0.3 is 0 Å². The van der Waals surface area contributed by atoms with E-state index in [1.165, 1.54) is 0 Å². The van der Waals surface area contributed by atoms with Crippen molar-refractivity contribution in [3.05, 3.63) is 27.7 Å². The lowest BCUT2D eigenvalue weighted by atomic mass is 9.84. The zero-order valence-electron chi connectivity index (χ0n) is 11.3. The van der Waals surface area contributed by atoms with Crippen LogP contribution in [0, 0.1) is 0 Å². The molecule has 0 amide bonds. The molecule has 3 nitrogen and oxygen atoms in total. The van der Waals surface area contributed by atoms with Gasteiger partial charge in [-0.1, -0.05) is 11.6 Å². The van der Waals surface area contributed by atoms with Crippen LogP contribution in [-0.4, -0.2) is 31.5 Å². The van der Waals surface area contributed by atoms with Crippen molar-refractivity contribution in [1.29, 1.82) is 0 Å². The van der Waals surface area contributed by atoms with Crippen LogP contribution in [-0.2, 0) is 9.47 Å². The average molecular weight is 361 g/mol. The summed E-state index contributed by atoms with van der Waals surface area (Å²) in [5.41, 5.74) is 1.07. The molecule has 1 atom stereocenters. The standard InChI is InChI=1S/C15H19BrClNO2/c16-13-2-1-11(17)9-14(13)18-12-3-6-20-15(10-12)4-7-19-8-5-15/h1-2,9,12,18H,3-8,10H2. The van der Waals surface area contributed by atoms with E-state index >= 15 is 0 Å². The molecule has 1 aromatic carbocycles.